The first-order chi connectivity index (χ1) is 19.8. The Hall–Kier alpha value is -3.93. The number of para-hydroxylation sites is 1. The maximum Gasteiger partial charge on any atom is 0.313 e. The van der Waals surface area contributed by atoms with Crippen molar-refractivity contribution in [2.75, 3.05) is 51.5 Å². The van der Waals surface area contributed by atoms with Gasteiger partial charge in [-0.15, -0.1) is 0 Å². The van der Waals surface area contributed by atoms with E-state index in [0.717, 1.165) is 30.3 Å². The minimum atomic E-state index is -0.463. The second-order valence-electron chi connectivity index (χ2n) is 10.2. The number of nitro groups is 1. The van der Waals surface area contributed by atoms with Crippen molar-refractivity contribution >= 4 is 45.5 Å². The van der Waals surface area contributed by atoms with E-state index in [9.17, 15) is 10.1 Å². The zero-order chi connectivity index (χ0) is 29.1. The molecule has 1 aliphatic heterocycles. The van der Waals surface area contributed by atoms with E-state index in [0.29, 0.717) is 41.8 Å². The Balaban J connectivity index is 1.49. The summed E-state index contributed by atoms with van der Waals surface area (Å²) >= 11 is 6.61. The predicted octanol–water partition coefficient (Wildman–Crippen LogP) is 5.74. The second-order valence-corrected chi connectivity index (χ2v) is 10.6. The lowest BCUT2D eigenvalue weighted by Crippen LogP contribution is -2.34. The van der Waals surface area contributed by atoms with Gasteiger partial charge in [0, 0.05) is 56.0 Å². The molecule has 0 bridgehead atoms. The largest absolute Gasteiger partial charge is 0.480 e. The van der Waals surface area contributed by atoms with Crippen molar-refractivity contribution in [2.24, 2.45) is 0 Å². The molecular formula is C29H34ClN7O4. The van der Waals surface area contributed by atoms with E-state index < -0.39 is 11.0 Å². The lowest BCUT2D eigenvalue weighted by molar-refractivity contribution is -0.386. The van der Waals surface area contributed by atoms with Gasteiger partial charge in [-0.1, -0.05) is 29.8 Å². The van der Waals surface area contributed by atoms with Crippen LogP contribution in [0.3, 0.4) is 0 Å². The quantitative estimate of drug-likeness (QED) is 0.160. The van der Waals surface area contributed by atoms with Crippen molar-refractivity contribution in [3.05, 3.63) is 63.4 Å². The fourth-order valence-corrected chi connectivity index (χ4v) is 5.45. The van der Waals surface area contributed by atoms with Gasteiger partial charge in [0.2, 0.25) is 5.95 Å². The highest BCUT2D eigenvalue weighted by molar-refractivity contribution is 6.33. The van der Waals surface area contributed by atoms with Crippen LogP contribution in [0.2, 0.25) is 5.02 Å². The third-order valence-electron chi connectivity index (χ3n) is 7.01. The molecular weight excluding hydrogens is 546 g/mol. The van der Waals surface area contributed by atoms with Crippen LogP contribution in [-0.4, -0.2) is 71.4 Å². The Morgan fingerprint density at radius 3 is 2.83 bits per heavy atom. The summed E-state index contributed by atoms with van der Waals surface area (Å²) < 4.78 is 13.9. The van der Waals surface area contributed by atoms with E-state index in [1.807, 2.05) is 25.9 Å². The van der Waals surface area contributed by atoms with E-state index in [4.69, 9.17) is 26.1 Å². The molecule has 0 spiro atoms. The van der Waals surface area contributed by atoms with Crippen molar-refractivity contribution in [1.82, 2.24) is 19.4 Å². The van der Waals surface area contributed by atoms with Crippen molar-refractivity contribution in [1.29, 1.82) is 0 Å². The van der Waals surface area contributed by atoms with Crippen molar-refractivity contribution in [2.45, 2.75) is 32.4 Å². The highest BCUT2D eigenvalue weighted by Crippen LogP contribution is 2.40. The van der Waals surface area contributed by atoms with Crippen LogP contribution in [0.5, 0.6) is 5.75 Å². The number of aromatic nitrogens is 3. The van der Waals surface area contributed by atoms with Gasteiger partial charge in [0.25, 0.3) is 0 Å². The standard InChI is InChI=1S/C29H34ClN7O4/c1-5-40-17-19(15-35(3)4)41-26-13-23(31-2)24(12-25(26)37(38)39)33-29-32-14-22(30)27(34-29)21-16-36-11-7-9-18-8-6-10-20(21)28(18)36/h6,8,10,12-14,16,19,31H,5,7,9,11,15,17H2,1-4H3,(H,32,33,34)/t19-/m0/s1. The number of hydrogen-bond donors (Lipinski definition) is 2. The van der Waals surface area contributed by atoms with Crippen LogP contribution in [0, 0.1) is 10.1 Å². The molecule has 2 aromatic heterocycles. The lowest BCUT2D eigenvalue weighted by Gasteiger charge is -2.23. The van der Waals surface area contributed by atoms with Crippen molar-refractivity contribution in [3.63, 3.8) is 0 Å². The van der Waals surface area contributed by atoms with Gasteiger partial charge in [0.1, 0.15) is 6.10 Å². The van der Waals surface area contributed by atoms with Crippen molar-refractivity contribution in [3.8, 4) is 17.0 Å². The van der Waals surface area contributed by atoms with Gasteiger partial charge < -0.3 is 29.6 Å². The maximum atomic E-state index is 12.1. The number of rotatable bonds is 12. The zero-order valence-electron chi connectivity index (χ0n) is 23.6. The lowest BCUT2D eigenvalue weighted by atomic mass is 10.0. The average Bonchev–Trinajstić information content (AvgIpc) is 3.33. The van der Waals surface area contributed by atoms with Gasteiger partial charge in [-0.25, -0.2) is 9.97 Å². The number of halogens is 1. The van der Waals surface area contributed by atoms with Gasteiger partial charge in [-0.2, -0.15) is 0 Å². The monoisotopic (exact) mass is 579 g/mol. The Kier molecular flexibility index (Phi) is 8.57. The Labute approximate surface area is 243 Å². The highest BCUT2D eigenvalue weighted by atomic mass is 35.5. The third-order valence-corrected chi connectivity index (χ3v) is 7.28. The molecule has 1 aliphatic rings. The summed E-state index contributed by atoms with van der Waals surface area (Å²) in [4.78, 5) is 22.7. The minimum Gasteiger partial charge on any atom is -0.480 e. The second kappa shape index (κ2) is 12.3. The fourth-order valence-electron chi connectivity index (χ4n) is 5.26. The molecule has 2 aromatic carbocycles. The number of benzene rings is 2. The number of likely N-dealkylation sites (N-methyl/N-ethyl adjacent to an activating group) is 1. The molecule has 0 aliphatic carbocycles. The summed E-state index contributed by atoms with van der Waals surface area (Å²) in [5, 5.41) is 19.9. The summed E-state index contributed by atoms with van der Waals surface area (Å²) in [5.41, 5.74) is 4.85. The van der Waals surface area contributed by atoms with Gasteiger partial charge in [0.05, 0.1) is 45.3 Å². The summed E-state index contributed by atoms with van der Waals surface area (Å²) in [6.07, 6.45) is 5.36. The van der Waals surface area contributed by atoms with E-state index in [1.54, 1.807) is 19.3 Å². The van der Waals surface area contributed by atoms with Crippen LogP contribution in [0.25, 0.3) is 22.2 Å². The van der Waals surface area contributed by atoms with Gasteiger partial charge in [-0.05, 0) is 39.4 Å². The molecule has 216 valence electrons. The molecule has 0 unspecified atom stereocenters. The molecule has 0 fully saturated rings. The first kappa shape index (κ1) is 28.6. The summed E-state index contributed by atoms with van der Waals surface area (Å²) in [6.45, 7) is 4.19. The number of nitrogens with zero attached hydrogens (tertiary/aromatic N) is 5. The molecule has 4 aromatic rings. The van der Waals surface area contributed by atoms with Crippen LogP contribution in [0.15, 0.2) is 42.7 Å². The number of anilines is 3. The average molecular weight is 580 g/mol. The minimum absolute atomic E-state index is 0.142. The molecule has 3 heterocycles. The predicted molar refractivity (Wildman–Crippen MR) is 162 cm³/mol. The number of hydrogen-bond acceptors (Lipinski definition) is 9. The highest BCUT2D eigenvalue weighted by Gasteiger charge is 2.24. The van der Waals surface area contributed by atoms with Crippen LogP contribution >= 0.6 is 11.6 Å². The van der Waals surface area contributed by atoms with E-state index in [1.165, 1.54) is 17.1 Å². The first-order valence-corrected chi connectivity index (χ1v) is 14.0. The number of nitrogens with one attached hydrogen (secondary N) is 2. The number of ether oxygens (including phenoxy) is 2. The first-order valence-electron chi connectivity index (χ1n) is 13.6. The normalized spacial score (nSPS) is 13.4. The molecule has 0 saturated carbocycles. The van der Waals surface area contributed by atoms with E-state index in [2.05, 4.69) is 44.6 Å². The summed E-state index contributed by atoms with van der Waals surface area (Å²) in [6, 6.07) is 9.33. The molecule has 0 amide bonds. The molecule has 2 N–H and O–H groups in total. The summed E-state index contributed by atoms with van der Waals surface area (Å²) in [7, 11) is 5.55. The summed E-state index contributed by atoms with van der Waals surface area (Å²) in [5.74, 6) is 0.404. The molecule has 0 saturated heterocycles. The molecule has 41 heavy (non-hydrogen) atoms. The molecule has 12 heteroatoms. The number of nitro benzene ring substituents is 1. The molecule has 0 radical (unpaired) electrons. The van der Waals surface area contributed by atoms with Crippen LogP contribution < -0.4 is 15.4 Å². The molecule has 1 atom stereocenters. The van der Waals surface area contributed by atoms with Crippen LogP contribution in [0.4, 0.5) is 23.0 Å². The van der Waals surface area contributed by atoms with Crippen molar-refractivity contribution < 1.29 is 14.4 Å². The third kappa shape index (κ3) is 6.07. The SMILES string of the molecule is CCOC[C@H](CN(C)C)Oc1cc(NC)c(Nc2ncc(Cl)c(-c3cn4c5c(cccc35)CCC4)n2)cc1[N+](=O)[O-]. The maximum absolute atomic E-state index is 12.1. The fraction of sp³-hybridized carbons (Fsp3) is 0.379. The smallest absolute Gasteiger partial charge is 0.313 e. The molecule has 5 rings (SSSR count). The van der Waals surface area contributed by atoms with Gasteiger partial charge in [-0.3, -0.25) is 10.1 Å². The van der Waals surface area contributed by atoms with Gasteiger partial charge in [0.15, 0.2) is 5.75 Å². The zero-order valence-corrected chi connectivity index (χ0v) is 24.4. The molecule has 11 nitrogen and oxygen atoms in total. The number of aryl methyl sites for hydroxylation is 2. The Morgan fingerprint density at radius 1 is 1.27 bits per heavy atom. The van der Waals surface area contributed by atoms with Crippen LogP contribution in [0.1, 0.15) is 18.9 Å². The van der Waals surface area contributed by atoms with Crippen LogP contribution in [-0.2, 0) is 17.7 Å². The van der Waals surface area contributed by atoms with Gasteiger partial charge >= 0.3 is 5.69 Å². The van der Waals surface area contributed by atoms with E-state index in [-0.39, 0.29) is 17.4 Å². The van der Waals surface area contributed by atoms with E-state index >= 15 is 0 Å². The Morgan fingerprint density at radius 2 is 2.10 bits per heavy atom. The Bertz CT molecular complexity index is 1570. The topological polar surface area (TPSA) is 120 Å².